The number of rotatable bonds is 6. The van der Waals surface area contributed by atoms with E-state index in [1.807, 2.05) is 30.3 Å². The summed E-state index contributed by atoms with van der Waals surface area (Å²) in [7, 11) is -1.89. The van der Waals surface area contributed by atoms with Crippen LogP contribution in [0.4, 0.5) is 5.69 Å². The number of anilines is 1. The van der Waals surface area contributed by atoms with Crippen molar-refractivity contribution in [3.05, 3.63) is 59.7 Å². The second-order valence-corrected chi connectivity index (χ2v) is 11.3. The van der Waals surface area contributed by atoms with E-state index in [-0.39, 0.29) is 23.3 Å². The van der Waals surface area contributed by atoms with Gasteiger partial charge in [-0.15, -0.1) is 0 Å². The summed E-state index contributed by atoms with van der Waals surface area (Å²) in [6.45, 7) is 4.97. The predicted molar refractivity (Wildman–Crippen MR) is 127 cm³/mol. The van der Waals surface area contributed by atoms with Crippen LogP contribution in [0, 0.1) is 0 Å². The van der Waals surface area contributed by atoms with Crippen molar-refractivity contribution in [1.82, 2.24) is 9.21 Å². The van der Waals surface area contributed by atoms with Crippen molar-refractivity contribution in [2.24, 2.45) is 0 Å². The highest BCUT2D eigenvalue weighted by Crippen LogP contribution is 2.43. The van der Waals surface area contributed by atoms with Crippen molar-refractivity contribution in [1.29, 1.82) is 0 Å². The minimum atomic E-state index is -3.61. The number of sulfonamides is 1. The van der Waals surface area contributed by atoms with Crippen molar-refractivity contribution in [3.8, 4) is 0 Å². The number of hydrogen-bond acceptors (Lipinski definition) is 4. The maximum Gasteiger partial charge on any atom is 0.243 e. The van der Waals surface area contributed by atoms with Gasteiger partial charge in [-0.3, -0.25) is 9.59 Å². The lowest BCUT2D eigenvalue weighted by molar-refractivity contribution is -0.131. The Labute approximate surface area is 196 Å². The lowest BCUT2D eigenvalue weighted by atomic mass is 9.86. The molecule has 4 rings (SSSR count). The molecule has 2 aliphatic rings. The van der Waals surface area contributed by atoms with E-state index in [2.05, 4.69) is 0 Å². The summed E-state index contributed by atoms with van der Waals surface area (Å²) in [5.74, 6) is -0.382. The van der Waals surface area contributed by atoms with Crippen LogP contribution in [-0.2, 0) is 31.6 Å². The zero-order valence-corrected chi connectivity index (χ0v) is 20.3. The lowest BCUT2D eigenvalue weighted by Crippen LogP contribution is -2.43. The number of hydrogen-bond donors (Lipinski definition) is 0. The number of amides is 2. The zero-order chi connectivity index (χ0) is 23.8. The molecule has 176 valence electrons. The summed E-state index contributed by atoms with van der Waals surface area (Å²) < 4.78 is 27.9. The summed E-state index contributed by atoms with van der Waals surface area (Å²) in [6, 6.07) is 14.5. The Kier molecular flexibility index (Phi) is 6.33. The first-order chi connectivity index (χ1) is 15.6. The maximum absolute atomic E-state index is 13.3. The molecule has 8 heteroatoms. The molecule has 0 spiro atoms. The number of nitrogens with zero attached hydrogens (tertiary/aromatic N) is 3. The normalized spacial score (nSPS) is 18.3. The molecule has 7 nitrogen and oxygen atoms in total. The summed E-state index contributed by atoms with van der Waals surface area (Å²) in [4.78, 5) is 29.5. The molecule has 1 fully saturated rings. The maximum atomic E-state index is 13.3. The zero-order valence-electron chi connectivity index (χ0n) is 19.5. The van der Waals surface area contributed by atoms with Gasteiger partial charge in [0.25, 0.3) is 0 Å². The molecule has 2 aromatic carbocycles. The van der Waals surface area contributed by atoms with Crippen LogP contribution in [0.25, 0.3) is 0 Å². The first-order valence-electron chi connectivity index (χ1n) is 11.4. The lowest BCUT2D eigenvalue weighted by Gasteiger charge is -2.26. The van der Waals surface area contributed by atoms with Crippen molar-refractivity contribution in [3.63, 3.8) is 0 Å². The van der Waals surface area contributed by atoms with E-state index in [4.69, 9.17) is 0 Å². The third-order valence-corrected chi connectivity index (χ3v) is 8.54. The smallest absolute Gasteiger partial charge is 0.243 e. The van der Waals surface area contributed by atoms with E-state index in [9.17, 15) is 18.0 Å². The van der Waals surface area contributed by atoms with Gasteiger partial charge in [-0.25, -0.2) is 8.42 Å². The first-order valence-corrected chi connectivity index (χ1v) is 12.8. The molecule has 0 N–H and O–H groups in total. The van der Waals surface area contributed by atoms with Gasteiger partial charge in [0.1, 0.15) is 6.54 Å². The molecule has 2 amide bonds. The fourth-order valence-electron chi connectivity index (χ4n) is 4.59. The van der Waals surface area contributed by atoms with Crippen molar-refractivity contribution in [2.75, 3.05) is 31.6 Å². The number of carbonyl (C=O) groups is 2. The van der Waals surface area contributed by atoms with Crippen LogP contribution < -0.4 is 4.90 Å². The molecule has 1 saturated heterocycles. The third kappa shape index (κ3) is 4.42. The summed E-state index contributed by atoms with van der Waals surface area (Å²) >= 11 is 0. The third-order valence-electron chi connectivity index (χ3n) is 6.65. The average Bonchev–Trinajstić information content (AvgIpc) is 3.00. The molecule has 0 radical (unpaired) electrons. The SMILES string of the molecule is CN(Cc1ccccc1)C(=O)CN1C(=O)C(C)(C)c2cc(S(=O)(=O)N3CCCCC3)ccc21. The number of carbonyl (C=O) groups excluding carboxylic acids is 2. The monoisotopic (exact) mass is 469 g/mol. The molecule has 2 heterocycles. The minimum absolute atomic E-state index is 0.0865. The first kappa shape index (κ1) is 23.4. The second kappa shape index (κ2) is 8.91. The average molecular weight is 470 g/mol. The van der Waals surface area contributed by atoms with Gasteiger partial charge >= 0.3 is 0 Å². The van der Waals surface area contributed by atoms with Crippen LogP contribution in [0.5, 0.6) is 0 Å². The van der Waals surface area contributed by atoms with E-state index in [1.54, 1.807) is 44.0 Å². The summed E-state index contributed by atoms with van der Waals surface area (Å²) in [5.41, 5.74) is 1.34. The Morgan fingerprint density at radius 1 is 1.03 bits per heavy atom. The fourth-order valence-corrected chi connectivity index (χ4v) is 6.13. The Morgan fingerprint density at radius 2 is 1.70 bits per heavy atom. The van der Waals surface area contributed by atoms with E-state index >= 15 is 0 Å². The molecule has 0 bridgehead atoms. The molecular formula is C25H31N3O4S. The van der Waals surface area contributed by atoms with Gasteiger partial charge in [0.2, 0.25) is 21.8 Å². The Balaban J connectivity index is 1.58. The predicted octanol–water partition coefficient (Wildman–Crippen LogP) is 3.14. The highest BCUT2D eigenvalue weighted by Gasteiger charge is 2.45. The van der Waals surface area contributed by atoms with Gasteiger partial charge < -0.3 is 9.80 Å². The molecular weight excluding hydrogens is 438 g/mol. The van der Waals surface area contributed by atoms with E-state index < -0.39 is 15.4 Å². The quantitative estimate of drug-likeness (QED) is 0.651. The van der Waals surface area contributed by atoms with Crippen LogP contribution in [0.15, 0.2) is 53.4 Å². The largest absolute Gasteiger partial charge is 0.340 e. The second-order valence-electron chi connectivity index (χ2n) is 9.40. The number of benzene rings is 2. The molecule has 0 aliphatic carbocycles. The van der Waals surface area contributed by atoms with Crippen LogP contribution >= 0.6 is 0 Å². The molecule has 33 heavy (non-hydrogen) atoms. The van der Waals surface area contributed by atoms with Gasteiger partial charge in [-0.1, -0.05) is 36.8 Å². The molecule has 2 aromatic rings. The van der Waals surface area contributed by atoms with Crippen molar-refractivity contribution in [2.45, 2.75) is 50.0 Å². The highest BCUT2D eigenvalue weighted by molar-refractivity contribution is 7.89. The van der Waals surface area contributed by atoms with Gasteiger partial charge in [0, 0.05) is 32.4 Å². The van der Waals surface area contributed by atoms with E-state index in [0.717, 1.165) is 24.8 Å². The summed E-state index contributed by atoms with van der Waals surface area (Å²) in [6.07, 6.45) is 2.76. The van der Waals surface area contributed by atoms with Gasteiger partial charge in [-0.05, 0) is 56.0 Å². The standard InChI is InChI=1S/C25H31N3O4S/c1-25(2)21-16-20(33(31,32)27-14-8-5-9-15-27)12-13-22(21)28(24(25)30)18-23(29)26(3)17-19-10-6-4-7-11-19/h4,6-7,10-13,16H,5,8-9,14-15,17-18H2,1-3H3. The van der Waals surface area contributed by atoms with Crippen molar-refractivity contribution >= 4 is 27.5 Å². The van der Waals surface area contributed by atoms with E-state index in [1.165, 1.54) is 9.21 Å². The van der Waals surface area contributed by atoms with Crippen LogP contribution in [-0.4, -0.2) is 56.1 Å². The number of piperidine rings is 1. The van der Waals surface area contributed by atoms with Crippen LogP contribution in [0.1, 0.15) is 44.2 Å². The van der Waals surface area contributed by atoms with Crippen LogP contribution in [0.3, 0.4) is 0 Å². The van der Waals surface area contributed by atoms with Gasteiger partial charge in [0.05, 0.1) is 10.3 Å². The Hall–Kier alpha value is -2.71. The fraction of sp³-hybridized carbons (Fsp3) is 0.440. The molecule has 0 aromatic heterocycles. The molecule has 2 aliphatic heterocycles. The van der Waals surface area contributed by atoms with Gasteiger partial charge in [0.15, 0.2) is 0 Å². The summed E-state index contributed by atoms with van der Waals surface area (Å²) in [5, 5.41) is 0. The Bertz CT molecular complexity index is 1160. The number of fused-ring (bicyclic) bond motifs is 1. The topological polar surface area (TPSA) is 78.0 Å². The number of likely N-dealkylation sites (N-methyl/N-ethyl adjacent to an activating group) is 1. The van der Waals surface area contributed by atoms with Crippen LogP contribution in [0.2, 0.25) is 0 Å². The van der Waals surface area contributed by atoms with E-state index in [0.29, 0.717) is 30.9 Å². The van der Waals surface area contributed by atoms with Crippen molar-refractivity contribution < 1.29 is 18.0 Å². The Morgan fingerprint density at radius 3 is 2.36 bits per heavy atom. The van der Waals surface area contributed by atoms with Gasteiger partial charge in [-0.2, -0.15) is 4.31 Å². The molecule has 0 unspecified atom stereocenters. The molecule has 0 saturated carbocycles. The molecule has 0 atom stereocenters. The highest BCUT2D eigenvalue weighted by atomic mass is 32.2. The minimum Gasteiger partial charge on any atom is -0.340 e.